The predicted molar refractivity (Wildman–Crippen MR) is 112 cm³/mol. The maximum absolute atomic E-state index is 13.7. The summed E-state index contributed by atoms with van der Waals surface area (Å²) in [7, 11) is 0. The van der Waals surface area contributed by atoms with Crippen LogP contribution in [0.4, 0.5) is 0 Å². The van der Waals surface area contributed by atoms with Gasteiger partial charge in [0.1, 0.15) is 11.2 Å². The Morgan fingerprint density at radius 1 is 0.806 bits per heavy atom. The zero-order valence-corrected chi connectivity index (χ0v) is 16.7. The highest BCUT2D eigenvalue weighted by Gasteiger charge is 2.49. The van der Waals surface area contributed by atoms with Crippen molar-refractivity contribution in [2.24, 2.45) is 0 Å². The number of rotatable bonds is 8. The number of hydrogen-bond acceptors (Lipinski definition) is 6. The lowest BCUT2D eigenvalue weighted by Gasteiger charge is -2.34. The molecule has 0 saturated heterocycles. The van der Waals surface area contributed by atoms with Gasteiger partial charge in [0.2, 0.25) is 5.78 Å². The summed E-state index contributed by atoms with van der Waals surface area (Å²) in [6.07, 6.45) is 1.78. The number of Topliss-reactive ketones (excluding diaryl/α,β-unsaturated/α-hetero) is 2. The molecule has 0 fully saturated rings. The molecule has 0 heterocycles. The number of hydrogen-bond donors (Lipinski definition) is 0. The van der Waals surface area contributed by atoms with Crippen LogP contribution >= 0.6 is 0 Å². The fourth-order valence-electron chi connectivity index (χ4n) is 3.45. The zero-order valence-electron chi connectivity index (χ0n) is 16.7. The lowest BCUT2D eigenvalue weighted by Crippen LogP contribution is -2.49. The predicted octanol–water partition coefficient (Wildman–Crippen LogP) is 4.44. The van der Waals surface area contributed by atoms with Crippen LogP contribution in [0.15, 0.2) is 84.9 Å². The third kappa shape index (κ3) is 4.29. The summed E-state index contributed by atoms with van der Waals surface area (Å²) in [4.78, 5) is 27.1. The highest BCUT2D eigenvalue weighted by atomic mass is 16.5. The van der Waals surface area contributed by atoms with E-state index in [0.29, 0.717) is 11.1 Å². The molecule has 6 heteroatoms. The van der Waals surface area contributed by atoms with Gasteiger partial charge in [0.05, 0.1) is 0 Å². The van der Waals surface area contributed by atoms with Gasteiger partial charge in [-0.05, 0) is 36.8 Å². The van der Waals surface area contributed by atoms with Gasteiger partial charge in [0, 0.05) is 11.1 Å². The number of ether oxygens (including phenoxy) is 2. The first kappa shape index (κ1) is 21.3. The molecule has 0 aliphatic carbocycles. The summed E-state index contributed by atoms with van der Waals surface area (Å²) in [6, 6.07) is 23.1. The van der Waals surface area contributed by atoms with Crippen LogP contribution in [-0.4, -0.2) is 17.7 Å². The molecule has 3 aromatic carbocycles. The van der Waals surface area contributed by atoms with E-state index in [0.717, 1.165) is 0 Å². The Hall–Kier alpha value is -4.42. The molecule has 0 aliphatic rings. The maximum Gasteiger partial charge on any atom is 0.292 e. The van der Waals surface area contributed by atoms with Gasteiger partial charge in [0.15, 0.2) is 11.9 Å². The Kier molecular flexibility index (Phi) is 6.45. The first-order chi connectivity index (χ1) is 15.0. The van der Waals surface area contributed by atoms with E-state index in [1.54, 1.807) is 80.1 Å². The summed E-state index contributed by atoms with van der Waals surface area (Å²) in [5, 5.41) is 18.0. The van der Waals surface area contributed by atoms with E-state index in [4.69, 9.17) is 14.7 Å². The van der Waals surface area contributed by atoms with Crippen molar-refractivity contribution < 1.29 is 19.1 Å². The normalized spacial score (nSPS) is 13.0. The molecule has 152 valence electrons. The Morgan fingerprint density at radius 3 is 1.94 bits per heavy atom. The van der Waals surface area contributed by atoms with Gasteiger partial charge in [-0.25, -0.2) is 0 Å². The van der Waals surface area contributed by atoms with Crippen LogP contribution in [0.25, 0.3) is 0 Å². The number of carbonyl (C=O) groups excluding carboxylic acids is 2. The molecule has 0 bridgehead atoms. The summed E-state index contributed by atoms with van der Waals surface area (Å²) >= 11 is 0. The van der Waals surface area contributed by atoms with Crippen molar-refractivity contribution >= 4 is 11.6 Å². The van der Waals surface area contributed by atoms with Crippen molar-refractivity contribution in [2.45, 2.75) is 18.4 Å². The van der Waals surface area contributed by atoms with Gasteiger partial charge in [-0.3, -0.25) is 9.59 Å². The number of nitriles is 2. The number of ketones is 2. The minimum Gasteiger partial charge on any atom is -0.414 e. The largest absolute Gasteiger partial charge is 0.414 e. The lowest BCUT2D eigenvalue weighted by atomic mass is 9.70. The topological polar surface area (TPSA) is 100 Å². The summed E-state index contributed by atoms with van der Waals surface area (Å²) in [5.41, 5.74) is -0.358. The van der Waals surface area contributed by atoms with Gasteiger partial charge in [-0.2, -0.15) is 5.26 Å². The van der Waals surface area contributed by atoms with Gasteiger partial charge in [0.25, 0.3) is 12.5 Å². The standard InChI is InChI=1S/C25H18N2O4/c1-25(20-10-6-3-7-11-20,23(29)19-12-14-21(15-13-19)30-16-26)24(31-17-27)22(28)18-8-4-2-5-9-18/h2-15,24H,1H3. The Balaban J connectivity index is 2.13. The molecule has 0 N–H and O–H groups in total. The maximum atomic E-state index is 13.7. The lowest BCUT2D eigenvalue weighted by molar-refractivity contribution is 0.0463. The molecule has 6 nitrogen and oxygen atoms in total. The van der Waals surface area contributed by atoms with E-state index in [2.05, 4.69) is 0 Å². The van der Waals surface area contributed by atoms with Crippen LogP contribution in [0.1, 0.15) is 33.2 Å². The molecule has 0 spiro atoms. The second-order valence-corrected chi connectivity index (χ2v) is 6.93. The molecule has 0 amide bonds. The number of nitrogens with zero attached hydrogens (tertiary/aromatic N) is 2. The third-order valence-corrected chi connectivity index (χ3v) is 5.12. The van der Waals surface area contributed by atoms with E-state index < -0.39 is 23.1 Å². The second-order valence-electron chi connectivity index (χ2n) is 6.93. The molecule has 31 heavy (non-hydrogen) atoms. The van der Waals surface area contributed by atoms with Crippen molar-refractivity contribution in [1.82, 2.24) is 0 Å². The van der Waals surface area contributed by atoms with Crippen LogP contribution < -0.4 is 4.74 Å². The molecule has 3 aromatic rings. The highest BCUT2D eigenvalue weighted by molar-refractivity contribution is 6.11. The Bertz CT molecular complexity index is 1150. The van der Waals surface area contributed by atoms with Gasteiger partial charge >= 0.3 is 0 Å². The van der Waals surface area contributed by atoms with Crippen molar-refractivity contribution in [3.8, 4) is 18.3 Å². The molecule has 0 saturated carbocycles. The average Bonchev–Trinajstić information content (AvgIpc) is 2.83. The minimum atomic E-state index is -1.50. The molecular weight excluding hydrogens is 392 g/mol. The zero-order chi connectivity index (χ0) is 22.3. The molecule has 0 aliphatic heterocycles. The first-order valence-corrected chi connectivity index (χ1v) is 9.42. The van der Waals surface area contributed by atoms with Crippen LogP contribution in [0.3, 0.4) is 0 Å². The van der Waals surface area contributed by atoms with Crippen LogP contribution in [0.2, 0.25) is 0 Å². The highest BCUT2D eigenvalue weighted by Crippen LogP contribution is 2.35. The summed E-state index contributed by atoms with van der Waals surface area (Å²) < 4.78 is 10.0. The first-order valence-electron chi connectivity index (χ1n) is 9.42. The molecular formula is C25H18N2O4. The molecule has 0 aromatic heterocycles. The quantitative estimate of drug-likeness (QED) is 0.402. The fourth-order valence-corrected chi connectivity index (χ4v) is 3.45. The monoisotopic (exact) mass is 410 g/mol. The molecule has 2 unspecified atom stereocenters. The van der Waals surface area contributed by atoms with E-state index in [1.807, 2.05) is 0 Å². The van der Waals surface area contributed by atoms with Gasteiger partial charge in [-0.1, -0.05) is 60.7 Å². The Labute approximate surface area is 179 Å². The smallest absolute Gasteiger partial charge is 0.292 e. The summed E-state index contributed by atoms with van der Waals surface area (Å²) in [5.74, 6) is -0.608. The van der Waals surface area contributed by atoms with E-state index in [9.17, 15) is 14.9 Å². The van der Waals surface area contributed by atoms with E-state index in [1.165, 1.54) is 24.3 Å². The fraction of sp³-hybridized carbons (Fsp3) is 0.120. The van der Waals surface area contributed by atoms with Crippen molar-refractivity contribution in [1.29, 1.82) is 10.5 Å². The number of carbonyl (C=O) groups is 2. The third-order valence-electron chi connectivity index (χ3n) is 5.12. The Morgan fingerprint density at radius 2 is 1.39 bits per heavy atom. The van der Waals surface area contributed by atoms with Crippen LogP contribution in [0, 0.1) is 23.0 Å². The minimum absolute atomic E-state index is 0.282. The van der Waals surface area contributed by atoms with Gasteiger partial charge < -0.3 is 9.47 Å². The van der Waals surface area contributed by atoms with Crippen LogP contribution in [-0.2, 0) is 10.2 Å². The number of benzene rings is 3. The molecule has 0 radical (unpaired) electrons. The SMILES string of the molecule is CC(C(=O)c1ccc(OC#N)cc1)(c1ccccc1)C(OC#N)C(=O)c1ccccc1. The van der Waals surface area contributed by atoms with Crippen LogP contribution in [0.5, 0.6) is 5.75 Å². The molecule has 2 atom stereocenters. The van der Waals surface area contributed by atoms with E-state index >= 15 is 0 Å². The van der Waals surface area contributed by atoms with Crippen molar-refractivity contribution in [3.63, 3.8) is 0 Å². The summed E-state index contributed by atoms with van der Waals surface area (Å²) in [6.45, 7) is 1.59. The average molecular weight is 410 g/mol. The second kappa shape index (κ2) is 9.39. The van der Waals surface area contributed by atoms with Crippen molar-refractivity contribution in [2.75, 3.05) is 0 Å². The van der Waals surface area contributed by atoms with Gasteiger partial charge in [-0.15, -0.1) is 5.26 Å². The van der Waals surface area contributed by atoms with E-state index in [-0.39, 0.29) is 11.3 Å². The molecule has 3 rings (SSSR count). The van der Waals surface area contributed by atoms with Crippen molar-refractivity contribution in [3.05, 3.63) is 102 Å².